The zero-order valence-corrected chi connectivity index (χ0v) is 8.18. The highest BCUT2D eigenvalue weighted by Gasteiger charge is 1.93. The molecule has 0 unspecified atom stereocenters. The Hall–Kier alpha value is -1.84. The molecule has 0 spiro atoms. The van der Waals surface area contributed by atoms with E-state index in [-0.39, 0.29) is 0 Å². The van der Waals surface area contributed by atoms with Gasteiger partial charge in [-0.25, -0.2) is 0 Å². The number of allylic oxidation sites excluding steroid dienone is 2. The number of aromatic nitrogens is 1. The first-order valence-corrected chi connectivity index (χ1v) is 4.23. The standard InChI is InChI=1S/C10H12N2O2/c1-9-7-11(8-10(9)2)5-3-4-6-12(13)14/h3-8H,1-2H3/b5-3+,6-4+. The number of nitro groups is 1. The molecule has 0 aliphatic rings. The van der Waals surface area contributed by atoms with Gasteiger partial charge in [0, 0.05) is 24.7 Å². The van der Waals surface area contributed by atoms with Gasteiger partial charge in [0.05, 0.1) is 4.92 Å². The first-order valence-electron chi connectivity index (χ1n) is 4.23. The zero-order valence-electron chi connectivity index (χ0n) is 8.18. The van der Waals surface area contributed by atoms with Crippen LogP contribution in [0.15, 0.2) is 30.7 Å². The summed E-state index contributed by atoms with van der Waals surface area (Å²) < 4.78 is 1.87. The predicted molar refractivity (Wildman–Crippen MR) is 55.4 cm³/mol. The van der Waals surface area contributed by atoms with Crippen LogP contribution in [-0.2, 0) is 0 Å². The van der Waals surface area contributed by atoms with E-state index in [1.165, 1.54) is 17.2 Å². The Bertz CT molecular complexity index is 369. The van der Waals surface area contributed by atoms with Crippen LogP contribution in [-0.4, -0.2) is 9.49 Å². The van der Waals surface area contributed by atoms with Crippen molar-refractivity contribution in [2.75, 3.05) is 0 Å². The van der Waals surface area contributed by atoms with Crippen LogP contribution < -0.4 is 0 Å². The molecule has 0 bridgehead atoms. The molecule has 0 aliphatic heterocycles. The lowest BCUT2D eigenvalue weighted by molar-refractivity contribution is -0.402. The van der Waals surface area contributed by atoms with Gasteiger partial charge in [0.2, 0.25) is 6.20 Å². The Balaban J connectivity index is 2.65. The largest absolute Gasteiger partial charge is 0.330 e. The van der Waals surface area contributed by atoms with Crippen LogP contribution >= 0.6 is 0 Å². The lowest BCUT2D eigenvalue weighted by Gasteiger charge is -1.87. The summed E-state index contributed by atoms with van der Waals surface area (Å²) in [5.74, 6) is 0. The van der Waals surface area contributed by atoms with Gasteiger partial charge in [-0.1, -0.05) is 0 Å². The third-order valence-corrected chi connectivity index (χ3v) is 1.88. The maximum absolute atomic E-state index is 9.95. The van der Waals surface area contributed by atoms with Gasteiger partial charge < -0.3 is 4.57 Å². The minimum Gasteiger partial charge on any atom is -0.330 e. The molecular weight excluding hydrogens is 180 g/mol. The molecule has 0 fully saturated rings. The van der Waals surface area contributed by atoms with Gasteiger partial charge >= 0.3 is 0 Å². The SMILES string of the molecule is Cc1cn(/C=C/C=C/[N+](=O)[O-])cc1C. The fraction of sp³-hybridized carbons (Fsp3) is 0.200. The maximum atomic E-state index is 9.95. The molecular formula is C10H12N2O2. The molecule has 4 heteroatoms. The Morgan fingerprint density at radius 1 is 1.29 bits per heavy atom. The smallest absolute Gasteiger partial charge is 0.234 e. The summed E-state index contributed by atoms with van der Waals surface area (Å²) in [5, 5.41) is 9.95. The summed E-state index contributed by atoms with van der Waals surface area (Å²) in [5.41, 5.74) is 2.40. The summed E-state index contributed by atoms with van der Waals surface area (Å²) in [6.45, 7) is 4.04. The van der Waals surface area contributed by atoms with Crippen molar-refractivity contribution in [3.63, 3.8) is 0 Å². The molecule has 0 saturated carbocycles. The van der Waals surface area contributed by atoms with Crippen molar-refractivity contribution in [3.8, 4) is 0 Å². The molecule has 1 heterocycles. The highest BCUT2D eigenvalue weighted by Crippen LogP contribution is 2.07. The predicted octanol–water partition coefficient (Wildman–Crippen LogP) is 2.37. The minimum atomic E-state index is -0.490. The molecule has 0 N–H and O–H groups in total. The molecule has 0 saturated heterocycles. The summed E-state index contributed by atoms with van der Waals surface area (Å²) in [6.07, 6.45) is 9.61. The first-order chi connectivity index (χ1) is 6.59. The van der Waals surface area contributed by atoms with Crippen LogP contribution in [0, 0.1) is 24.0 Å². The summed E-state index contributed by atoms with van der Waals surface area (Å²) in [4.78, 5) is 9.46. The van der Waals surface area contributed by atoms with Gasteiger partial charge in [-0.15, -0.1) is 0 Å². The maximum Gasteiger partial charge on any atom is 0.234 e. The third-order valence-electron chi connectivity index (χ3n) is 1.88. The monoisotopic (exact) mass is 192 g/mol. The van der Waals surface area contributed by atoms with Crippen molar-refractivity contribution in [2.24, 2.45) is 0 Å². The van der Waals surface area contributed by atoms with Crippen molar-refractivity contribution >= 4 is 6.20 Å². The number of rotatable bonds is 3. The fourth-order valence-corrected chi connectivity index (χ4v) is 1.04. The van der Waals surface area contributed by atoms with Crippen molar-refractivity contribution in [1.82, 2.24) is 4.57 Å². The molecule has 0 radical (unpaired) electrons. The average Bonchev–Trinajstić information content (AvgIpc) is 2.40. The van der Waals surface area contributed by atoms with Gasteiger partial charge in [-0.2, -0.15) is 0 Å². The van der Waals surface area contributed by atoms with E-state index in [1.807, 2.05) is 30.8 Å². The topological polar surface area (TPSA) is 48.1 Å². The first kappa shape index (κ1) is 10.2. The normalized spacial score (nSPS) is 11.6. The number of aryl methyl sites for hydroxylation is 2. The quantitative estimate of drug-likeness (QED) is 0.419. The molecule has 4 nitrogen and oxygen atoms in total. The van der Waals surface area contributed by atoms with Crippen molar-refractivity contribution < 1.29 is 4.92 Å². The number of nitrogens with zero attached hydrogens (tertiary/aromatic N) is 2. The Kier molecular flexibility index (Phi) is 3.23. The van der Waals surface area contributed by atoms with E-state index < -0.39 is 4.92 Å². The molecule has 1 aromatic rings. The lowest BCUT2D eigenvalue weighted by atomic mass is 10.2. The van der Waals surface area contributed by atoms with E-state index in [4.69, 9.17) is 0 Å². The molecule has 0 amide bonds. The second-order valence-corrected chi connectivity index (χ2v) is 3.04. The molecule has 0 atom stereocenters. The van der Waals surface area contributed by atoms with Gasteiger partial charge in [0.25, 0.3) is 0 Å². The highest BCUT2D eigenvalue weighted by molar-refractivity contribution is 5.33. The Morgan fingerprint density at radius 2 is 1.86 bits per heavy atom. The zero-order chi connectivity index (χ0) is 10.6. The minimum absolute atomic E-state index is 0.490. The van der Waals surface area contributed by atoms with Crippen LogP contribution in [0.2, 0.25) is 0 Å². The molecule has 1 rings (SSSR count). The molecule has 1 aromatic heterocycles. The van der Waals surface area contributed by atoms with Gasteiger partial charge in [-0.05, 0) is 31.1 Å². The van der Waals surface area contributed by atoms with Gasteiger partial charge in [0.1, 0.15) is 0 Å². The van der Waals surface area contributed by atoms with Gasteiger partial charge in [-0.3, -0.25) is 10.1 Å². The highest BCUT2D eigenvalue weighted by atomic mass is 16.6. The van der Waals surface area contributed by atoms with Crippen LogP contribution in [0.5, 0.6) is 0 Å². The van der Waals surface area contributed by atoms with Crippen molar-refractivity contribution in [2.45, 2.75) is 13.8 Å². The number of hydrogen-bond donors (Lipinski definition) is 0. The summed E-state index contributed by atoms with van der Waals surface area (Å²) >= 11 is 0. The van der Waals surface area contributed by atoms with Crippen LogP contribution in [0.1, 0.15) is 11.1 Å². The Labute approximate surface area is 82.3 Å². The molecule has 14 heavy (non-hydrogen) atoms. The van der Waals surface area contributed by atoms with E-state index in [9.17, 15) is 10.1 Å². The van der Waals surface area contributed by atoms with Crippen molar-refractivity contribution in [1.29, 1.82) is 0 Å². The Morgan fingerprint density at radius 3 is 2.36 bits per heavy atom. The fourth-order valence-electron chi connectivity index (χ4n) is 1.04. The van der Waals surface area contributed by atoms with Crippen LogP contribution in [0.4, 0.5) is 0 Å². The van der Waals surface area contributed by atoms with E-state index in [1.54, 1.807) is 12.3 Å². The van der Waals surface area contributed by atoms with Gasteiger partial charge in [0.15, 0.2) is 0 Å². The van der Waals surface area contributed by atoms with E-state index in [0.29, 0.717) is 0 Å². The molecule has 0 aromatic carbocycles. The average molecular weight is 192 g/mol. The second-order valence-electron chi connectivity index (χ2n) is 3.04. The van der Waals surface area contributed by atoms with E-state index in [0.717, 1.165) is 6.20 Å². The lowest BCUT2D eigenvalue weighted by Crippen LogP contribution is -1.81. The van der Waals surface area contributed by atoms with E-state index in [2.05, 4.69) is 0 Å². The third kappa shape index (κ3) is 2.90. The summed E-state index contributed by atoms with van der Waals surface area (Å²) in [6, 6.07) is 0. The van der Waals surface area contributed by atoms with Crippen LogP contribution in [0.3, 0.4) is 0 Å². The number of hydrogen-bond acceptors (Lipinski definition) is 2. The van der Waals surface area contributed by atoms with Crippen LogP contribution in [0.25, 0.3) is 6.20 Å². The van der Waals surface area contributed by atoms with E-state index >= 15 is 0 Å². The summed E-state index contributed by atoms with van der Waals surface area (Å²) in [7, 11) is 0. The molecule has 0 aliphatic carbocycles. The molecule has 74 valence electrons. The van der Waals surface area contributed by atoms with Crippen molar-refractivity contribution in [3.05, 3.63) is 52.0 Å². The second kappa shape index (κ2) is 4.41.